The second-order valence-corrected chi connectivity index (χ2v) is 8.80. The third-order valence-corrected chi connectivity index (χ3v) is 6.06. The van der Waals surface area contributed by atoms with E-state index >= 15 is 0 Å². The Morgan fingerprint density at radius 1 is 1.00 bits per heavy atom. The van der Waals surface area contributed by atoms with Gasteiger partial charge in [0.25, 0.3) is 0 Å². The summed E-state index contributed by atoms with van der Waals surface area (Å²) in [6.07, 6.45) is 0.542. The van der Waals surface area contributed by atoms with Crippen molar-refractivity contribution >= 4 is 18.0 Å². The molecule has 2 aromatic carbocycles. The Morgan fingerprint density at radius 3 is 2.12 bits per heavy atom. The summed E-state index contributed by atoms with van der Waals surface area (Å²) < 4.78 is 5.59. The normalized spacial score (nSPS) is 13.2. The van der Waals surface area contributed by atoms with Crippen molar-refractivity contribution in [3.8, 4) is 11.1 Å². The van der Waals surface area contributed by atoms with Gasteiger partial charge in [-0.1, -0.05) is 62.4 Å². The molecule has 2 amide bonds. The number of alkyl carbamates (subject to hydrolysis) is 1. The fourth-order valence-corrected chi connectivity index (χ4v) is 4.25. The zero-order valence-electron chi connectivity index (χ0n) is 19.4. The lowest BCUT2D eigenvalue weighted by atomic mass is 9.98. The number of carboxylic acids is 1. The van der Waals surface area contributed by atoms with Gasteiger partial charge in [0.15, 0.2) is 0 Å². The van der Waals surface area contributed by atoms with Gasteiger partial charge in [-0.3, -0.25) is 9.59 Å². The standard InChI is InChI=1S/C26H32N2O5/c1-17(2)24(25(31)28(3)15-9-8-14-23(29)30)27-26(32)33-16-22-20-12-6-4-10-18(20)19-11-5-7-13-21(19)22/h4-7,10-13,17,22,24H,8-9,14-16H2,1-3H3,(H,27,32)(H,29,30)/t24-/m1/s1. The number of hydrogen-bond acceptors (Lipinski definition) is 4. The van der Waals surface area contributed by atoms with Gasteiger partial charge in [-0.15, -0.1) is 0 Å². The number of likely N-dealkylation sites (N-methyl/N-ethyl adjacent to an activating group) is 1. The number of hydrogen-bond donors (Lipinski definition) is 2. The lowest BCUT2D eigenvalue weighted by Crippen LogP contribution is -2.50. The van der Waals surface area contributed by atoms with Gasteiger partial charge >= 0.3 is 12.1 Å². The molecule has 1 atom stereocenters. The van der Waals surface area contributed by atoms with Crippen LogP contribution in [0.4, 0.5) is 4.79 Å². The molecule has 0 saturated heterocycles. The van der Waals surface area contributed by atoms with Crippen LogP contribution in [0.15, 0.2) is 48.5 Å². The van der Waals surface area contributed by atoms with Crippen LogP contribution in [-0.4, -0.2) is 54.2 Å². The largest absolute Gasteiger partial charge is 0.481 e. The lowest BCUT2D eigenvalue weighted by Gasteiger charge is -2.27. The summed E-state index contributed by atoms with van der Waals surface area (Å²) in [6, 6.07) is 15.5. The van der Waals surface area contributed by atoms with E-state index in [1.54, 1.807) is 7.05 Å². The predicted octanol–water partition coefficient (Wildman–Crippen LogP) is 4.26. The molecule has 2 N–H and O–H groups in total. The van der Waals surface area contributed by atoms with Crippen LogP contribution in [0.25, 0.3) is 11.1 Å². The zero-order chi connectivity index (χ0) is 24.0. The molecule has 33 heavy (non-hydrogen) atoms. The molecule has 0 aromatic heterocycles. The number of carboxylic acid groups (broad SMARTS) is 1. The highest BCUT2D eigenvalue weighted by Gasteiger charge is 2.31. The van der Waals surface area contributed by atoms with Crippen LogP contribution in [0.2, 0.25) is 0 Å². The Balaban J connectivity index is 1.58. The van der Waals surface area contributed by atoms with Crippen molar-refractivity contribution in [2.24, 2.45) is 5.92 Å². The first-order chi connectivity index (χ1) is 15.8. The van der Waals surface area contributed by atoms with Crippen LogP contribution >= 0.6 is 0 Å². The Bertz CT molecular complexity index is 958. The molecule has 0 unspecified atom stereocenters. The van der Waals surface area contributed by atoms with Crippen molar-refractivity contribution in [2.45, 2.75) is 45.1 Å². The molecule has 1 aliphatic carbocycles. The van der Waals surface area contributed by atoms with Crippen molar-refractivity contribution in [2.75, 3.05) is 20.2 Å². The van der Waals surface area contributed by atoms with Crippen molar-refractivity contribution < 1.29 is 24.2 Å². The SMILES string of the molecule is CC(C)[C@@H](NC(=O)OCC1c2ccccc2-c2ccccc21)C(=O)N(C)CCCCC(=O)O. The number of benzene rings is 2. The smallest absolute Gasteiger partial charge is 0.407 e. The molecule has 0 aliphatic heterocycles. The minimum absolute atomic E-state index is 0.0479. The van der Waals surface area contributed by atoms with Crippen molar-refractivity contribution in [3.05, 3.63) is 59.7 Å². The van der Waals surface area contributed by atoms with E-state index in [9.17, 15) is 14.4 Å². The number of nitrogens with one attached hydrogen (secondary N) is 1. The maximum atomic E-state index is 12.9. The molecule has 3 rings (SSSR count). The van der Waals surface area contributed by atoms with Crippen LogP contribution in [0.1, 0.15) is 50.2 Å². The monoisotopic (exact) mass is 452 g/mol. The molecule has 0 radical (unpaired) electrons. The van der Waals surface area contributed by atoms with Crippen LogP contribution in [0.5, 0.6) is 0 Å². The average molecular weight is 453 g/mol. The van der Waals surface area contributed by atoms with Crippen LogP contribution in [0.3, 0.4) is 0 Å². The molecule has 0 saturated carbocycles. The van der Waals surface area contributed by atoms with E-state index in [1.807, 2.05) is 38.1 Å². The molecule has 0 heterocycles. The van der Waals surface area contributed by atoms with E-state index in [0.29, 0.717) is 19.4 Å². The number of rotatable bonds is 10. The van der Waals surface area contributed by atoms with Crippen LogP contribution < -0.4 is 5.32 Å². The summed E-state index contributed by atoms with van der Waals surface area (Å²) in [6.45, 7) is 4.35. The summed E-state index contributed by atoms with van der Waals surface area (Å²) in [5, 5.41) is 11.5. The summed E-state index contributed by atoms with van der Waals surface area (Å²) in [5.41, 5.74) is 4.57. The minimum atomic E-state index is -0.846. The number of ether oxygens (including phenoxy) is 1. The molecular formula is C26H32N2O5. The Hall–Kier alpha value is -3.35. The highest BCUT2D eigenvalue weighted by Crippen LogP contribution is 2.44. The lowest BCUT2D eigenvalue weighted by molar-refractivity contribution is -0.137. The van der Waals surface area contributed by atoms with E-state index < -0.39 is 18.1 Å². The first kappa shape index (κ1) is 24.3. The summed E-state index contributed by atoms with van der Waals surface area (Å²) in [4.78, 5) is 37.7. The van der Waals surface area contributed by atoms with E-state index in [4.69, 9.17) is 9.84 Å². The minimum Gasteiger partial charge on any atom is -0.481 e. The molecule has 0 bridgehead atoms. The fourth-order valence-electron chi connectivity index (χ4n) is 4.25. The number of amides is 2. The quantitative estimate of drug-likeness (QED) is 0.525. The predicted molar refractivity (Wildman–Crippen MR) is 126 cm³/mol. The van der Waals surface area contributed by atoms with E-state index in [0.717, 1.165) is 22.3 Å². The van der Waals surface area contributed by atoms with Gasteiger partial charge < -0.3 is 20.1 Å². The Morgan fingerprint density at radius 2 is 1.58 bits per heavy atom. The number of unbranched alkanes of at least 4 members (excludes halogenated alkanes) is 1. The van der Waals surface area contributed by atoms with E-state index in [-0.39, 0.29) is 30.8 Å². The van der Waals surface area contributed by atoms with Gasteiger partial charge in [0, 0.05) is 25.9 Å². The maximum absolute atomic E-state index is 12.9. The topological polar surface area (TPSA) is 95.9 Å². The highest BCUT2D eigenvalue weighted by molar-refractivity contribution is 5.86. The summed E-state index contributed by atoms with van der Waals surface area (Å²) in [5.74, 6) is -1.23. The first-order valence-corrected chi connectivity index (χ1v) is 11.4. The second kappa shape index (κ2) is 11.0. The second-order valence-electron chi connectivity index (χ2n) is 8.80. The number of nitrogens with zero attached hydrogens (tertiary/aromatic N) is 1. The third-order valence-electron chi connectivity index (χ3n) is 6.06. The van der Waals surface area contributed by atoms with Gasteiger partial charge in [0.1, 0.15) is 12.6 Å². The third kappa shape index (κ3) is 5.92. The molecule has 1 aliphatic rings. The molecular weight excluding hydrogens is 420 g/mol. The van der Waals surface area contributed by atoms with Gasteiger partial charge in [0.05, 0.1) is 0 Å². The van der Waals surface area contributed by atoms with Gasteiger partial charge in [0.2, 0.25) is 5.91 Å². The van der Waals surface area contributed by atoms with Gasteiger partial charge in [-0.25, -0.2) is 4.79 Å². The summed E-state index contributed by atoms with van der Waals surface area (Å²) in [7, 11) is 1.66. The number of carbonyl (C=O) groups is 3. The first-order valence-electron chi connectivity index (χ1n) is 11.4. The number of carbonyl (C=O) groups excluding carboxylic acids is 2. The van der Waals surface area contributed by atoms with E-state index in [1.165, 1.54) is 4.90 Å². The number of aliphatic carboxylic acids is 1. The molecule has 0 spiro atoms. The molecule has 176 valence electrons. The van der Waals surface area contributed by atoms with Gasteiger partial charge in [-0.2, -0.15) is 0 Å². The van der Waals surface area contributed by atoms with Gasteiger partial charge in [-0.05, 0) is 41.0 Å². The molecule has 7 nitrogen and oxygen atoms in total. The highest BCUT2D eigenvalue weighted by atomic mass is 16.5. The zero-order valence-corrected chi connectivity index (χ0v) is 19.4. The molecule has 0 fully saturated rings. The van der Waals surface area contributed by atoms with Crippen molar-refractivity contribution in [1.82, 2.24) is 10.2 Å². The van der Waals surface area contributed by atoms with Crippen LogP contribution in [-0.2, 0) is 14.3 Å². The molecule has 7 heteroatoms. The summed E-state index contributed by atoms with van der Waals surface area (Å²) >= 11 is 0. The van der Waals surface area contributed by atoms with Crippen LogP contribution in [0, 0.1) is 5.92 Å². The fraction of sp³-hybridized carbons (Fsp3) is 0.423. The van der Waals surface area contributed by atoms with Crippen molar-refractivity contribution in [1.29, 1.82) is 0 Å². The Labute approximate surface area is 194 Å². The average Bonchev–Trinajstić information content (AvgIpc) is 3.11. The molecule has 2 aromatic rings. The van der Waals surface area contributed by atoms with E-state index in [2.05, 4.69) is 29.6 Å². The Kier molecular flexibility index (Phi) is 8.09. The van der Waals surface area contributed by atoms with Crippen molar-refractivity contribution in [3.63, 3.8) is 0 Å². The maximum Gasteiger partial charge on any atom is 0.407 e. The number of fused-ring (bicyclic) bond motifs is 3.